The Morgan fingerprint density at radius 3 is 3.05 bits per heavy atom. The third-order valence-corrected chi connectivity index (χ3v) is 3.53. The number of ether oxygens (including phenoxy) is 1. The summed E-state index contributed by atoms with van der Waals surface area (Å²) in [7, 11) is 0. The van der Waals surface area contributed by atoms with Crippen LogP contribution >= 0.6 is 11.3 Å². The van der Waals surface area contributed by atoms with Crippen molar-refractivity contribution in [3.8, 4) is 5.75 Å². The molecule has 0 aliphatic carbocycles. The number of nitrogen functional groups attached to an aromatic ring is 1. The molecule has 3 N–H and O–H groups in total. The summed E-state index contributed by atoms with van der Waals surface area (Å²) < 4.78 is 5.46. The summed E-state index contributed by atoms with van der Waals surface area (Å²) in [6.07, 6.45) is 0.305. The van der Waals surface area contributed by atoms with E-state index in [4.69, 9.17) is 10.5 Å². The van der Waals surface area contributed by atoms with Crippen LogP contribution in [0.25, 0.3) is 0 Å². The first-order valence-electron chi connectivity index (χ1n) is 6.29. The average molecular weight is 291 g/mol. The fourth-order valence-corrected chi connectivity index (χ4v) is 2.32. The molecule has 0 unspecified atom stereocenters. The van der Waals surface area contributed by atoms with Crippen molar-refractivity contribution in [3.63, 3.8) is 0 Å². The molecule has 20 heavy (non-hydrogen) atoms. The predicted octanol–water partition coefficient (Wildman–Crippen LogP) is 2.12. The van der Waals surface area contributed by atoms with Crippen LogP contribution < -0.4 is 15.8 Å². The Labute approximate surface area is 121 Å². The van der Waals surface area contributed by atoms with E-state index in [1.165, 1.54) is 0 Å². The van der Waals surface area contributed by atoms with Crippen LogP contribution in [0.2, 0.25) is 0 Å². The minimum atomic E-state index is -0.0539. The van der Waals surface area contributed by atoms with Gasteiger partial charge in [-0.15, -0.1) is 11.3 Å². The molecule has 1 aromatic heterocycles. The van der Waals surface area contributed by atoms with E-state index in [2.05, 4.69) is 10.3 Å². The van der Waals surface area contributed by atoms with E-state index in [-0.39, 0.29) is 5.91 Å². The first-order valence-corrected chi connectivity index (χ1v) is 7.17. The fraction of sp³-hybridized carbons (Fsp3) is 0.286. The number of nitrogens with one attached hydrogen (secondary N) is 1. The lowest BCUT2D eigenvalue weighted by molar-refractivity contribution is -0.121. The zero-order valence-electron chi connectivity index (χ0n) is 11.3. The summed E-state index contributed by atoms with van der Waals surface area (Å²) in [5.41, 5.74) is 7.26. The van der Waals surface area contributed by atoms with Crippen molar-refractivity contribution in [1.82, 2.24) is 10.3 Å². The molecule has 1 aromatic carbocycles. The quantitative estimate of drug-likeness (QED) is 0.799. The number of rotatable bonds is 6. The van der Waals surface area contributed by atoms with Gasteiger partial charge in [-0.2, -0.15) is 0 Å². The number of carbonyl (C=O) groups is 1. The second kappa shape index (κ2) is 6.91. The summed E-state index contributed by atoms with van der Waals surface area (Å²) in [4.78, 5) is 15.9. The van der Waals surface area contributed by atoms with Crippen LogP contribution in [0.3, 0.4) is 0 Å². The number of aromatic nitrogens is 1. The summed E-state index contributed by atoms with van der Waals surface area (Å²) in [6.45, 7) is 2.73. The SMILES string of the molecule is Cc1csc(CNC(=O)CCOc2cccc(N)c2)n1. The van der Waals surface area contributed by atoms with Gasteiger partial charge in [0, 0.05) is 22.8 Å². The van der Waals surface area contributed by atoms with Gasteiger partial charge in [-0.25, -0.2) is 4.98 Å². The minimum Gasteiger partial charge on any atom is -0.493 e. The van der Waals surface area contributed by atoms with Gasteiger partial charge in [0.15, 0.2) is 0 Å². The zero-order chi connectivity index (χ0) is 14.4. The Hall–Kier alpha value is -2.08. The third kappa shape index (κ3) is 4.55. The van der Waals surface area contributed by atoms with Crippen molar-refractivity contribution < 1.29 is 9.53 Å². The van der Waals surface area contributed by atoms with E-state index in [1.807, 2.05) is 24.4 Å². The maximum Gasteiger partial charge on any atom is 0.223 e. The second-order valence-electron chi connectivity index (χ2n) is 4.33. The Morgan fingerprint density at radius 2 is 2.35 bits per heavy atom. The maximum absolute atomic E-state index is 11.6. The van der Waals surface area contributed by atoms with Gasteiger partial charge >= 0.3 is 0 Å². The Bertz CT molecular complexity index is 583. The van der Waals surface area contributed by atoms with Gasteiger partial charge in [0.2, 0.25) is 5.91 Å². The molecule has 1 amide bonds. The lowest BCUT2D eigenvalue weighted by atomic mass is 10.3. The van der Waals surface area contributed by atoms with Gasteiger partial charge in [0.1, 0.15) is 10.8 Å². The maximum atomic E-state index is 11.6. The van der Waals surface area contributed by atoms with Gasteiger partial charge < -0.3 is 15.8 Å². The van der Waals surface area contributed by atoms with Crippen LogP contribution in [0.1, 0.15) is 17.1 Å². The van der Waals surface area contributed by atoms with Crippen molar-refractivity contribution in [1.29, 1.82) is 0 Å². The van der Waals surface area contributed by atoms with E-state index in [1.54, 1.807) is 23.5 Å². The number of hydrogen-bond acceptors (Lipinski definition) is 5. The molecular weight excluding hydrogens is 274 g/mol. The van der Waals surface area contributed by atoms with E-state index >= 15 is 0 Å². The highest BCUT2D eigenvalue weighted by Gasteiger charge is 2.04. The van der Waals surface area contributed by atoms with Crippen molar-refractivity contribution in [2.24, 2.45) is 0 Å². The highest BCUT2D eigenvalue weighted by Crippen LogP contribution is 2.14. The van der Waals surface area contributed by atoms with E-state index in [0.717, 1.165) is 10.7 Å². The van der Waals surface area contributed by atoms with E-state index in [0.29, 0.717) is 31.0 Å². The molecule has 0 aliphatic rings. The number of nitrogens with two attached hydrogens (primary N) is 1. The van der Waals surface area contributed by atoms with Gasteiger partial charge in [-0.1, -0.05) is 6.07 Å². The van der Waals surface area contributed by atoms with Gasteiger partial charge in [0.05, 0.1) is 19.6 Å². The fourth-order valence-electron chi connectivity index (χ4n) is 1.61. The van der Waals surface area contributed by atoms with Crippen molar-refractivity contribution in [2.75, 3.05) is 12.3 Å². The van der Waals surface area contributed by atoms with Crippen LogP contribution in [0, 0.1) is 6.92 Å². The molecule has 0 bridgehead atoms. The van der Waals surface area contributed by atoms with Crippen molar-refractivity contribution in [3.05, 3.63) is 40.3 Å². The van der Waals surface area contributed by atoms with Crippen LogP contribution in [-0.4, -0.2) is 17.5 Å². The highest BCUT2D eigenvalue weighted by molar-refractivity contribution is 7.09. The minimum absolute atomic E-state index is 0.0539. The number of anilines is 1. The number of hydrogen-bond donors (Lipinski definition) is 2. The smallest absolute Gasteiger partial charge is 0.223 e. The van der Waals surface area contributed by atoms with Gasteiger partial charge in [0.25, 0.3) is 0 Å². The topological polar surface area (TPSA) is 77.2 Å². The summed E-state index contributed by atoms with van der Waals surface area (Å²) in [6, 6.07) is 7.15. The number of thiazole rings is 1. The zero-order valence-corrected chi connectivity index (χ0v) is 12.1. The molecule has 6 heteroatoms. The molecular formula is C14H17N3O2S. The van der Waals surface area contributed by atoms with Crippen molar-refractivity contribution in [2.45, 2.75) is 19.9 Å². The molecule has 1 heterocycles. The lowest BCUT2D eigenvalue weighted by Crippen LogP contribution is -2.24. The number of nitrogens with zero attached hydrogens (tertiary/aromatic N) is 1. The number of benzene rings is 1. The van der Waals surface area contributed by atoms with Crippen LogP contribution in [-0.2, 0) is 11.3 Å². The molecule has 0 aliphatic heterocycles. The summed E-state index contributed by atoms with van der Waals surface area (Å²) >= 11 is 1.54. The first-order chi connectivity index (χ1) is 9.63. The van der Waals surface area contributed by atoms with E-state index in [9.17, 15) is 4.79 Å². The molecule has 0 saturated heterocycles. The molecule has 2 rings (SSSR count). The second-order valence-corrected chi connectivity index (χ2v) is 5.27. The van der Waals surface area contributed by atoms with Crippen LogP contribution in [0.5, 0.6) is 5.75 Å². The van der Waals surface area contributed by atoms with Crippen molar-refractivity contribution >= 4 is 22.9 Å². The molecule has 0 radical (unpaired) electrons. The lowest BCUT2D eigenvalue weighted by Gasteiger charge is -2.07. The molecule has 106 valence electrons. The molecule has 0 saturated carbocycles. The van der Waals surface area contributed by atoms with Crippen LogP contribution in [0.15, 0.2) is 29.6 Å². The van der Waals surface area contributed by atoms with Gasteiger partial charge in [-0.05, 0) is 19.1 Å². The van der Waals surface area contributed by atoms with Gasteiger partial charge in [-0.3, -0.25) is 4.79 Å². The summed E-state index contributed by atoms with van der Waals surface area (Å²) in [5.74, 6) is 0.620. The highest BCUT2D eigenvalue weighted by atomic mass is 32.1. The summed E-state index contributed by atoms with van der Waals surface area (Å²) in [5, 5.41) is 5.69. The third-order valence-electron chi connectivity index (χ3n) is 2.56. The number of amides is 1. The normalized spacial score (nSPS) is 10.2. The average Bonchev–Trinajstić information content (AvgIpc) is 2.82. The Kier molecular flexibility index (Phi) is 4.95. The molecule has 5 nitrogen and oxygen atoms in total. The van der Waals surface area contributed by atoms with E-state index < -0.39 is 0 Å². The number of carbonyl (C=O) groups excluding carboxylic acids is 1. The van der Waals surface area contributed by atoms with Crippen LogP contribution in [0.4, 0.5) is 5.69 Å². The monoisotopic (exact) mass is 291 g/mol. The predicted molar refractivity (Wildman–Crippen MR) is 79.7 cm³/mol. The standard InChI is InChI=1S/C14H17N3O2S/c1-10-9-20-14(17-10)8-16-13(18)5-6-19-12-4-2-3-11(15)7-12/h2-4,7,9H,5-6,8,15H2,1H3,(H,16,18). The Balaban J connectivity index is 1.67. The molecule has 2 aromatic rings. The molecule has 0 spiro atoms. The number of aryl methyl sites for hydroxylation is 1. The largest absolute Gasteiger partial charge is 0.493 e. The molecule has 0 atom stereocenters. The Morgan fingerprint density at radius 1 is 1.50 bits per heavy atom. The molecule has 0 fully saturated rings. The first kappa shape index (κ1) is 14.3.